The molecule has 0 aromatic heterocycles. The minimum Gasteiger partial charge on any atom is -0.482 e. The largest absolute Gasteiger partial charge is 0.482 e. The molecule has 1 aliphatic rings. The van der Waals surface area contributed by atoms with Crippen LogP contribution in [-0.2, 0) is 11.2 Å². The van der Waals surface area contributed by atoms with Crippen LogP contribution in [0.15, 0.2) is 18.2 Å². The maximum Gasteiger partial charge on any atom is 0.260 e. The molecule has 2 N–H and O–H groups in total. The van der Waals surface area contributed by atoms with Gasteiger partial charge >= 0.3 is 0 Å². The van der Waals surface area contributed by atoms with Gasteiger partial charge in [-0.2, -0.15) is 0 Å². The summed E-state index contributed by atoms with van der Waals surface area (Å²) < 4.78 is 5.52. The molecule has 1 fully saturated rings. The molecule has 1 amide bonds. The smallest absolute Gasteiger partial charge is 0.260 e. The van der Waals surface area contributed by atoms with E-state index in [9.17, 15) is 4.79 Å². The van der Waals surface area contributed by atoms with Crippen LogP contribution in [-0.4, -0.2) is 36.5 Å². The summed E-state index contributed by atoms with van der Waals surface area (Å²) in [7, 11) is 0. The van der Waals surface area contributed by atoms with Crippen molar-refractivity contribution in [1.82, 2.24) is 4.90 Å². The van der Waals surface area contributed by atoms with Crippen LogP contribution >= 0.6 is 11.6 Å². The third kappa shape index (κ3) is 4.12. The summed E-state index contributed by atoms with van der Waals surface area (Å²) in [5.41, 5.74) is 6.83. The summed E-state index contributed by atoms with van der Waals surface area (Å²) in [5, 5.41) is 0.525. The maximum absolute atomic E-state index is 11.9. The third-order valence-electron chi connectivity index (χ3n) is 3.36. The average Bonchev–Trinajstić information content (AvgIpc) is 2.90. The van der Waals surface area contributed by atoms with Gasteiger partial charge in [0, 0.05) is 19.1 Å². The van der Waals surface area contributed by atoms with Crippen LogP contribution in [0.25, 0.3) is 0 Å². The van der Waals surface area contributed by atoms with E-state index in [-0.39, 0.29) is 18.6 Å². The monoisotopic (exact) mass is 296 g/mol. The summed E-state index contributed by atoms with van der Waals surface area (Å²) in [6.45, 7) is 3.67. The zero-order valence-electron chi connectivity index (χ0n) is 11.8. The minimum absolute atomic E-state index is 0.0261. The number of amides is 1. The van der Waals surface area contributed by atoms with E-state index in [4.69, 9.17) is 22.1 Å². The Labute approximate surface area is 124 Å². The summed E-state index contributed by atoms with van der Waals surface area (Å²) in [5.74, 6) is 0.575. The highest BCUT2D eigenvalue weighted by molar-refractivity contribution is 6.32. The van der Waals surface area contributed by atoms with Crippen LogP contribution in [0.1, 0.15) is 25.3 Å². The first-order chi connectivity index (χ1) is 9.56. The zero-order chi connectivity index (χ0) is 14.5. The van der Waals surface area contributed by atoms with Crippen LogP contribution in [0.3, 0.4) is 0 Å². The lowest BCUT2D eigenvalue weighted by Crippen LogP contribution is -2.32. The Bertz CT molecular complexity index is 471. The molecular formula is C15H21ClN2O2. The number of halogens is 1. The second-order valence-electron chi connectivity index (χ2n) is 5.32. The molecule has 110 valence electrons. The average molecular weight is 297 g/mol. The molecule has 1 aromatic rings. The van der Waals surface area contributed by atoms with E-state index < -0.39 is 0 Å². The lowest BCUT2D eigenvalue weighted by molar-refractivity contribution is -0.132. The van der Waals surface area contributed by atoms with Gasteiger partial charge in [-0.1, -0.05) is 17.7 Å². The molecule has 0 aliphatic carbocycles. The third-order valence-corrected chi connectivity index (χ3v) is 3.66. The van der Waals surface area contributed by atoms with Crippen molar-refractivity contribution in [2.75, 3.05) is 19.7 Å². The first-order valence-electron chi connectivity index (χ1n) is 7.01. The van der Waals surface area contributed by atoms with Crippen LogP contribution in [0.5, 0.6) is 5.75 Å². The highest BCUT2D eigenvalue weighted by atomic mass is 35.5. The van der Waals surface area contributed by atoms with Crippen molar-refractivity contribution in [3.05, 3.63) is 28.8 Å². The molecule has 0 bridgehead atoms. The number of benzene rings is 1. The second-order valence-corrected chi connectivity index (χ2v) is 5.73. The molecule has 0 saturated carbocycles. The molecule has 1 atom stereocenters. The van der Waals surface area contributed by atoms with Gasteiger partial charge in [0.2, 0.25) is 0 Å². The molecule has 1 unspecified atom stereocenters. The van der Waals surface area contributed by atoms with Gasteiger partial charge in [-0.05, 0) is 43.9 Å². The molecular weight excluding hydrogens is 276 g/mol. The number of nitrogens with two attached hydrogens (primary N) is 1. The maximum atomic E-state index is 11.9. The van der Waals surface area contributed by atoms with E-state index in [1.807, 2.05) is 24.0 Å². The number of hydrogen-bond donors (Lipinski definition) is 1. The molecule has 1 aromatic carbocycles. The van der Waals surface area contributed by atoms with E-state index >= 15 is 0 Å². The first-order valence-corrected chi connectivity index (χ1v) is 7.38. The van der Waals surface area contributed by atoms with Crippen molar-refractivity contribution < 1.29 is 9.53 Å². The molecule has 4 nitrogen and oxygen atoms in total. The molecule has 5 heteroatoms. The summed E-state index contributed by atoms with van der Waals surface area (Å²) in [6.07, 6.45) is 2.93. The highest BCUT2D eigenvalue weighted by Gasteiger charge is 2.18. The van der Waals surface area contributed by atoms with Crippen LogP contribution in [0.2, 0.25) is 5.02 Å². The van der Waals surface area contributed by atoms with E-state index in [0.29, 0.717) is 10.8 Å². The number of carbonyl (C=O) groups is 1. The Balaban J connectivity index is 1.90. The fourth-order valence-electron chi connectivity index (χ4n) is 2.36. The van der Waals surface area contributed by atoms with E-state index in [1.54, 1.807) is 6.07 Å². The number of ether oxygens (including phenoxy) is 1. The van der Waals surface area contributed by atoms with Crippen LogP contribution in [0, 0.1) is 0 Å². The normalized spacial score (nSPS) is 16.2. The highest BCUT2D eigenvalue weighted by Crippen LogP contribution is 2.26. The van der Waals surface area contributed by atoms with Crippen molar-refractivity contribution in [3.8, 4) is 5.75 Å². The number of hydrogen-bond acceptors (Lipinski definition) is 3. The Kier molecular flexibility index (Phi) is 5.26. The zero-order valence-corrected chi connectivity index (χ0v) is 12.5. The van der Waals surface area contributed by atoms with Crippen molar-refractivity contribution in [2.45, 2.75) is 32.2 Å². The first kappa shape index (κ1) is 15.1. The summed E-state index contributed by atoms with van der Waals surface area (Å²) in [6, 6.07) is 5.68. The van der Waals surface area contributed by atoms with Gasteiger partial charge in [0.05, 0.1) is 5.02 Å². The standard InChI is InChI=1S/C15H21ClN2O2/c1-11(17)8-12-4-5-14(13(16)9-12)20-10-15(19)18-6-2-3-7-18/h4-5,9,11H,2-3,6-8,10,17H2,1H3. The lowest BCUT2D eigenvalue weighted by Gasteiger charge is -2.16. The van der Waals surface area contributed by atoms with Crippen molar-refractivity contribution >= 4 is 17.5 Å². The quantitative estimate of drug-likeness (QED) is 0.906. The predicted octanol–water partition coefficient (Wildman–Crippen LogP) is 2.23. The van der Waals surface area contributed by atoms with E-state index in [2.05, 4.69) is 0 Å². The van der Waals surface area contributed by atoms with Gasteiger partial charge < -0.3 is 15.4 Å². The fraction of sp³-hybridized carbons (Fsp3) is 0.533. The molecule has 0 radical (unpaired) electrons. The van der Waals surface area contributed by atoms with Crippen LogP contribution < -0.4 is 10.5 Å². The number of likely N-dealkylation sites (tertiary alicyclic amines) is 1. The SMILES string of the molecule is CC(N)Cc1ccc(OCC(=O)N2CCCC2)c(Cl)c1. The Morgan fingerprint density at radius 2 is 2.15 bits per heavy atom. The molecule has 2 rings (SSSR count). The topological polar surface area (TPSA) is 55.6 Å². The molecule has 0 spiro atoms. The molecule has 1 heterocycles. The van der Waals surface area contributed by atoms with E-state index in [0.717, 1.165) is 37.9 Å². The van der Waals surface area contributed by atoms with Crippen molar-refractivity contribution in [2.24, 2.45) is 5.73 Å². The van der Waals surface area contributed by atoms with Gasteiger partial charge in [-0.3, -0.25) is 4.79 Å². The van der Waals surface area contributed by atoms with Crippen LogP contribution in [0.4, 0.5) is 0 Å². The lowest BCUT2D eigenvalue weighted by atomic mass is 10.1. The molecule has 1 aliphatic heterocycles. The number of nitrogens with zero attached hydrogens (tertiary/aromatic N) is 1. The van der Waals surface area contributed by atoms with Gasteiger partial charge in [0.1, 0.15) is 5.75 Å². The predicted molar refractivity (Wildman–Crippen MR) is 80.1 cm³/mol. The van der Waals surface area contributed by atoms with Crippen molar-refractivity contribution in [3.63, 3.8) is 0 Å². The number of rotatable bonds is 5. The fourth-order valence-corrected chi connectivity index (χ4v) is 2.62. The van der Waals surface area contributed by atoms with Gasteiger partial charge in [-0.15, -0.1) is 0 Å². The van der Waals surface area contributed by atoms with Gasteiger partial charge in [-0.25, -0.2) is 0 Å². The Hall–Kier alpha value is -1.26. The number of carbonyl (C=O) groups excluding carboxylic acids is 1. The summed E-state index contributed by atoms with van der Waals surface area (Å²) in [4.78, 5) is 13.7. The van der Waals surface area contributed by atoms with Crippen molar-refractivity contribution in [1.29, 1.82) is 0 Å². The van der Waals surface area contributed by atoms with E-state index in [1.165, 1.54) is 0 Å². The summed E-state index contributed by atoms with van der Waals surface area (Å²) >= 11 is 6.17. The second kappa shape index (κ2) is 6.95. The Morgan fingerprint density at radius 1 is 1.45 bits per heavy atom. The minimum atomic E-state index is 0.0261. The van der Waals surface area contributed by atoms with Gasteiger partial charge in [0.15, 0.2) is 6.61 Å². The van der Waals surface area contributed by atoms with Gasteiger partial charge in [0.25, 0.3) is 5.91 Å². The Morgan fingerprint density at radius 3 is 2.75 bits per heavy atom. The molecule has 1 saturated heterocycles. The molecule has 20 heavy (non-hydrogen) atoms.